The number of nitrogens with one attached hydrogen (secondary N) is 1. The molecule has 2 amide bonds. The topological polar surface area (TPSA) is 136 Å². The lowest BCUT2D eigenvalue weighted by Crippen LogP contribution is -2.43. The largest absolute Gasteiger partial charge is 0.480 e. The quantitative estimate of drug-likeness (QED) is 0.387. The zero-order valence-electron chi connectivity index (χ0n) is 7.53. The van der Waals surface area contributed by atoms with Crippen molar-refractivity contribution in [2.24, 2.45) is 11.5 Å². The van der Waals surface area contributed by atoms with E-state index in [1.54, 1.807) is 0 Å². The molecule has 0 spiro atoms. The van der Waals surface area contributed by atoms with Crippen molar-refractivity contribution < 1.29 is 19.5 Å². The lowest BCUT2D eigenvalue weighted by Gasteiger charge is -2.09. The van der Waals surface area contributed by atoms with Crippen molar-refractivity contribution in [2.45, 2.75) is 18.9 Å². The number of rotatable bonds is 6. The van der Waals surface area contributed by atoms with Crippen LogP contribution in [0.1, 0.15) is 12.8 Å². The number of amides is 2. The molecule has 0 heterocycles. The minimum absolute atomic E-state index is 0.00164. The predicted molar refractivity (Wildman–Crippen MR) is 47.0 cm³/mol. The lowest BCUT2D eigenvalue weighted by atomic mass is 10.1. The van der Waals surface area contributed by atoms with Gasteiger partial charge in [-0.05, 0) is 6.42 Å². The van der Waals surface area contributed by atoms with Gasteiger partial charge < -0.3 is 21.9 Å². The Hall–Kier alpha value is -1.63. The average molecular weight is 203 g/mol. The van der Waals surface area contributed by atoms with E-state index in [0.717, 1.165) is 0 Å². The summed E-state index contributed by atoms with van der Waals surface area (Å²) in [5.74, 6) is -2.31. The normalized spacial score (nSPS) is 11.8. The van der Waals surface area contributed by atoms with E-state index >= 15 is 0 Å². The highest BCUT2D eigenvalue weighted by atomic mass is 16.4. The van der Waals surface area contributed by atoms with Crippen molar-refractivity contribution in [3.05, 3.63) is 0 Å². The highest BCUT2D eigenvalue weighted by Gasteiger charge is 2.14. The summed E-state index contributed by atoms with van der Waals surface area (Å²) in [6.45, 7) is -0.483. The van der Waals surface area contributed by atoms with E-state index in [0.29, 0.717) is 0 Å². The first-order valence-electron chi connectivity index (χ1n) is 3.97. The Morgan fingerprint density at radius 1 is 1.36 bits per heavy atom. The smallest absolute Gasteiger partial charge is 0.322 e. The SMILES string of the molecule is NC(=O)CC[C@@H](N)C(=O)NCC(=O)O. The zero-order valence-corrected chi connectivity index (χ0v) is 7.53. The summed E-state index contributed by atoms with van der Waals surface area (Å²) in [4.78, 5) is 31.4. The van der Waals surface area contributed by atoms with E-state index in [9.17, 15) is 14.4 Å². The van der Waals surface area contributed by atoms with Crippen LogP contribution in [0.5, 0.6) is 0 Å². The molecule has 1 atom stereocenters. The van der Waals surface area contributed by atoms with E-state index in [-0.39, 0.29) is 12.8 Å². The Kier molecular flexibility index (Phi) is 5.23. The predicted octanol–water partition coefficient (Wildman–Crippen LogP) is -2.22. The molecule has 0 aliphatic heterocycles. The molecule has 0 aromatic rings. The van der Waals surface area contributed by atoms with Gasteiger partial charge in [-0.25, -0.2) is 0 Å². The Morgan fingerprint density at radius 2 is 1.93 bits per heavy atom. The first-order valence-corrected chi connectivity index (χ1v) is 3.97. The van der Waals surface area contributed by atoms with Gasteiger partial charge in [0, 0.05) is 6.42 Å². The zero-order chi connectivity index (χ0) is 11.1. The summed E-state index contributed by atoms with van der Waals surface area (Å²) < 4.78 is 0. The number of carboxylic acids is 1. The van der Waals surface area contributed by atoms with Crippen LogP contribution < -0.4 is 16.8 Å². The third-order valence-corrected chi connectivity index (χ3v) is 1.45. The van der Waals surface area contributed by atoms with Crippen LogP contribution in [0.2, 0.25) is 0 Å². The van der Waals surface area contributed by atoms with Gasteiger partial charge in [-0.1, -0.05) is 0 Å². The highest BCUT2D eigenvalue weighted by Crippen LogP contribution is 1.93. The second kappa shape index (κ2) is 5.92. The van der Waals surface area contributed by atoms with Crippen LogP contribution in [-0.2, 0) is 14.4 Å². The van der Waals surface area contributed by atoms with Gasteiger partial charge >= 0.3 is 5.97 Å². The fourth-order valence-electron chi connectivity index (χ4n) is 0.723. The number of hydrogen-bond donors (Lipinski definition) is 4. The molecule has 0 bridgehead atoms. The van der Waals surface area contributed by atoms with Crippen LogP contribution in [0.4, 0.5) is 0 Å². The van der Waals surface area contributed by atoms with Crippen molar-refractivity contribution in [3.8, 4) is 0 Å². The first-order chi connectivity index (χ1) is 6.43. The molecule has 0 aliphatic carbocycles. The number of nitrogens with two attached hydrogens (primary N) is 2. The van der Waals surface area contributed by atoms with Gasteiger partial charge in [-0.2, -0.15) is 0 Å². The molecule has 7 heteroatoms. The molecule has 0 aliphatic rings. The number of carbonyl (C=O) groups is 3. The van der Waals surface area contributed by atoms with Crippen LogP contribution in [0, 0.1) is 0 Å². The van der Waals surface area contributed by atoms with Crippen LogP contribution in [-0.4, -0.2) is 35.5 Å². The molecule has 0 aromatic carbocycles. The fraction of sp³-hybridized carbons (Fsp3) is 0.571. The standard InChI is InChI=1S/C7H13N3O4/c8-4(1-2-5(9)11)7(14)10-3-6(12)13/h4H,1-3,8H2,(H2,9,11)(H,10,14)(H,12,13)/t4-/m1/s1. The van der Waals surface area contributed by atoms with Gasteiger partial charge in [-0.3, -0.25) is 14.4 Å². The molecular weight excluding hydrogens is 190 g/mol. The molecule has 0 aromatic heterocycles. The number of primary amides is 1. The summed E-state index contributed by atoms with van der Waals surface area (Å²) in [5.41, 5.74) is 10.2. The number of hydrogen-bond acceptors (Lipinski definition) is 4. The van der Waals surface area contributed by atoms with Crippen molar-refractivity contribution in [1.82, 2.24) is 5.32 Å². The van der Waals surface area contributed by atoms with Crippen LogP contribution in [0.25, 0.3) is 0 Å². The van der Waals surface area contributed by atoms with E-state index in [1.165, 1.54) is 0 Å². The molecule has 0 radical (unpaired) electrons. The van der Waals surface area contributed by atoms with Gasteiger partial charge in [-0.15, -0.1) is 0 Å². The van der Waals surface area contributed by atoms with Crippen LogP contribution in [0.3, 0.4) is 0 Å². The molecule has 7 nitrogen and oxygen atoms in total. The fourth-order valence-corrected chi connectivity index (χ4v) is 0.723. The first kappa shape index (κ1) is 12.4. The van der Waals surface area contributed by atoms with E-state index in [1.807, 2.05) is 0 Å². The molecule has 14 heavy (non-hydrogen) atoms. The van der Waals surface area contributed by atoms with E-state index < -0.39 is 30.4 Å². The van der Waals surface area contributed by atoms with Gasteiger partial charge in [0.15, 0.2) is 0 Å². The Balaban J connectivity index is 3.76. The summed E-state index contributed by atoms with van der Waals surface area (Å²) in [5, 5.41) is 10.3. The van der Waals surface area contributed by atoms with Gasteiger partial charge in [0.2, 0.25) is 11.8 Å². The van der Waals surface area contributed by atoms with Crippen LogP contribution in [0.15, 0.2) is 0 Å². The maximum Gasteiger partial charge on any atom is 0.322 e. The summed E-state index contributed by atoms with van der Waals surface area (Å²) in [7, 11) is 0. The maximum absolute atomic E-state index is 11.0. The third-order valence-electron chi connectivity index (χ3n) is 1.45. The second-order valence-electron chi connectivity index (χ2n) is 2.72. The third kappa shape index (κ3) is 5.95. The van der Waals surface area contributed by atoms with E-state index in [4.69, 9.17) is 16.6 Å². The molecular formula is C7H13N3O4. The molecule has 0 saturated carbocycles. The molecule has 0 fully saturated rings. The maximum atomic E-state index is 11.0. The monoisotopic (exact) mass is 203 g/mol. The average Bonchev–Trinajstić information content (AvgIpc) is 2.09. The lowest BCUT2D eigenvalue weighted by molar-refractivity contribution is -0.138. The number of aliphatic carboxylic acids is 1. The molecule has 0 unspecified atom stereocenters. The number of carbonyl (C=O) groups excluding carboxylic acids is 2. The minimum atomic E-state index is -1.15. The molecule has 0 saturated heterocycles. The van der Waals surface area contributed by atoms with Crippen molar-refractivity contribution in [1.29, 1.82) is 0 Å². The highest BCUT2D eigenvalue weighted by molar-refractivity contribution is 5.85. The van der Waals surface area contributed by atoms with Crippen molar-refractivity contribution >= 4 is 17.8 Å². The van der Waals surface area contributed by atoms with Gasteiger partial charge in [0.05, 0.1) is 6.04 Å². The summed E-state index contributed by atoms with van der Waals surface area (Å²) in [6, 6.07) is -0.901. The van der Waals surface area contributed by atoms with Crippen LogP contribution >= 0.6 is 0 Å². The molecule has 6 N–H and O–H groups in total. The van der Waals surface area contributed by atoms with Crippen molar-refractivity contribution in [2.75, 3.05) is 6.54 Å². The van der Waals surface area contributed by atoms with E-state index in [2.05, 4.69) is 5.32 Å². The van der Waals surface area contributed by atoms with Crippen molar-refractivity contribution in [3.63, 3.8) is 0 Å². The second-order valence-corrected chi connectivity index (χ2v) is 2.72. The number of carboxylic acid groups (broad SMARTS) is 1. The molecule has 80 valence electrons. The Morgan fingerprint density at radius 3 is 2.36 bits per heavy atom. The van der Waals surface area contributed by atoms with Gasteiger partial charge in [0.1, 0.15) is 6.54 Å². The summed E-state index contributed by atoms with van der Waals surface area (Å²) in [6.07, 6.45) is 0.114. The Bertz CT molecular complexity index is 241. The summed E-state index contributed by atoms with van der Waals surface area (Å²) >= 11 is 0. The van der Waals surface area contributed by atoms with Gasteiger partial charge in [0.25, 0.3) is 0 Å². The molecule has 0 rings (SSSR count). The minimum Gasteiger partial charge on any atom is -0.480 e. The Labute approximate surface area is 80.4 Å².